The minimum absolute atomic E-state index is 0.0900. The summed E-state index contributed by atoms with van der Waals surface area (Å²) >= 11 is 2.82. The SMILES string of the molecule is CNC1CN(c2nc3c(cc2F)CC(NC(=O)c2sc4nc(C)sc4c2N)CC3)CC1COC. The van der Waals surface area contributed by atoms with Crippen molar-refractivity contribution in [3.05, 3.63) is 33.0 Å². The molecule has 1 saturated heterocycles. The van der Waals surface area contributed by atoms with Crippen molar-refractivity contribution in [2.24, 2.45) is 5.92 Å². The fourth-order valence-electron chi connectivity index (χ4n) is 5.05. The normalized spacial score (nSPS) is 22.4. The van der Waals surface area contributed by atoms with Crippen LogP contribution in [0.1, 0.15) is 32.4 Å². The Bertz CT molecular complexity index is 1230. The Morgan fingerprint density at radius 1 is 1.35 bits per heavy atom. The molecule has 3 aromatic rings. The van der Waals surface area contributed by atoms with E-state index in [0.717, 1.165) is 32.2 Å². The van der Waals surface area contributed by atoms with Gasteiger partial charge in [-0.3, -0.25) is 4.79 Å². The van der Waals surface area contributed by atoms with Crippen molar-refractivity contribution in [2.75, 3.05) is 44.5 Å². The number of hydrogen-bond donors (Lipinski definition) is 3. The van der Waals surface area contributed by atoms with Crippen LogP contribution in [0.2, 0.25) is 0 Å². The largest absolute Gasteiger partial charge is 0.396 e. The second kappa shape index (κ2) is 9.37. The van der Waals surface area contributed by atoms with Crippen molar-refractivity contribution in [3.63, 3.8) is 0 Å². The number of anilines is 2. The molecule has 34 heavy (non-hydrogen) atoms. The number of nitrogens with two attached hydrogens (primary N) is 1. The smallest absolute Gasteiger partial charge is 0.263 e. The van der Waals surface area contributed by atoms with Crippen LogP contribution in [0.3, 0.4) is 0 Å². The number of nitrogens with one attached hydrogen (secondary N) is 2. The van der Waals surface area contributed by atoms with E-state index >= 15 is 4.39 Å². The molecule has 3 aromatic heterocycles. The summed E-state index contributed by atoms with van der Waals surface area (Å²) < 4.78 is 21.3. The first-order valence-electron chi connectivity index (χ1n) is 11.4. The number of rotatable bonds is 6. The van der Waals surface area contributed by atoms with Crippen LogP contribution in [-0.4, -0.2) is 61.8 Å². The van der Waals surface area contributed by atoms with Gasteiger partial charge in [-0.05, 0) is 44.9 Å². The van der Waals surface area contributed by atoms with Gasteiger partial charge >= 0.3 is 0 Å². The van der Waals surface area contributed by atoms with Gasteiger partial charge in [-0.25, -0.2) is 14.4 Å². The zero-order valence-electron chi connectivity index (χ0n) is 19.5. The Hall–Kier alpha value is -2.34. The number of hydrogen-bond acceptors (Lipinski definition) is 9. The van der Waals surface area contributed by atoms with Gasteiger partial charge in [0.1, 0.15) is 9.71 Å². The molecule has 3 atom stereocenters. The number of methoxy groups -OCH3 is 1. The molecule has 5 rings (SSSR count). The Morgan fingerprint density at radius 2 is 2.18 bits per heavy atom. The molecule has 11 heteroatoms. The van der Waals surface area contributed by atoms with Crippen LogP contribution in [0, 0.1) is 18.7 Å². The molecule has 0 radical (unpaired) electrons. The number of halogens is 1. The number of fused-ring (bicyclic) bond motifs is 2. The molecule has 0 bridgehead atoms. The molecule has 4 heterocycles. The molecule has 0 saturated carbocycles. The van der Waals surface area contributed by atoms with Gasteiger partial charge in [-0.2, -0.15) is 0 Å². The molecule has 3 unspecified atom stereocenters. The second-order valence-corrected chi connectivity index (χ2v) is 11.2. The number of aromatic nitrogens is 2. The van der Waals surface area contributed by atoms with E-state index in [1.54, 1.807) is 13.2 Å². The van der Waals surface area contributed by atoms with Gasteiger partial charge < -0.3 is 26.0 Å². The average molecular weight is 505 g/mol. The van der Waals surface area contributed by atoms with Gasteiger partial charge in [0.2, 0.25) is 0 Å². The first kappa shape index (κ1) is 23.4. The lowest BCUT2D eigenvalue weighted by Crippen LogP contribution is -2.39. The van der Waals surface area contributed by atoms with E-state index in [9.17, 15) is 4.79 Å². The third-order valence-corrected chi connectivity index (χ3v) is 8.98. The molecule has 1 aliphatic carbocycles. The Balaban J connectivity index is 1.29. The Morgan fingerprint density at radius 3 is 2.91 bits per heavy atom. The number of thiophene rings is 1. The molecule has 1 aliphatic heterocycles. The number of ether oxygens (including phenoxy) is 1. The third-order valence-electron chi connectivity index (χ3n) is 6.75. The van der Waals surface area contributed by atoms with Crippen molar-refractivity contribution >= 4 is 49.6 Å². The zero-order valence-corrected chi connectivity index (χ0v) is 21.1. The number of thiazole rings is 1. The standard InChI is InChI=1S/C23H29FN6O2S2/c1-11-27-23-20(33-11)18(25)19(34-23)22(31)28-14-4-5-16-12(6-14)7-15(24)21(29-16)30-8-13(10-32-3)17(9-30)26-2/h7,13-14,17,26H,4-6,8-10,25H2,1-3H3,(H,28,31). The molecule has 2 aliphatic rings. The van der Waals surface area contributed by atoms with Crippen molar-refractivity contribution in [1.29, 1.82) is 0 Å². The van der Waals surface area contributed by atoms with E-state index in [4.69, 9.17) is 15.5 Å². The minimum Gasteiger partial charge on any atom is -0.396 e. The quantitative estimate of drug-likeness (QED) is 0.474. The summed E-state index contributed by atoms with van der Waals surface area (Å²) in [6.07, 6.45) is 1.99. The highest BCUT2D eigenvalue weighted by molar-refractivity contribution is 7.29. The highest BCUT2D eigenvalue weighted by Crippen LogP contribution is 2.37. The summed E-state index contributed by atoms with van der Waals surface area (Å²) in [5.74, 6) is 0.186. The maximum absolute atomic E-state index is 15.1. The van der Waals surface area contributed by atoms with E-state index in [-0.39, 0.29) is 29.7 Å². The molecular weight excluding hydrogens is 475 g/mol. The van der Waals surface area contributed by atoms with Gasteiger partial charge in [0.25, 0.3) is 5.91 Å². The minimum atomic E-state index is -0.317. The highest BCUT2D eigenvalue weighted by atomic mass is 32.1. The van der Waals surface area contributed by atoms with Gasteiger partial charge in [-0.15, -0.1) is 22.7 Å². The molecule has 0 aromatic carbocycles. The lowest BCUT2D eigenvalue weighted by molar-refractivity contribution is 0.0938. The summed E-state index contributed by atoms with van der Waals surface area (Å²) in [4.78, 5) is 25.4. The first-order chi connectivity index (χ1) is 16.4. The summed E-state index contributed by atoms with van der Waals surface area (Å²) in [5, 5.41) is 7.33. The van der Waals surface area contributed by atoms with Gasteiger partial charge in [0.05, 0.1) is 22.0 Å². The number of likely N-dealkylation sites (N-methyl/N-ethyl adjacent to an activating group) is 1. The highest BCUT2D eigenvalue weighted by Gasteiger charge is 2.34. The lowest BCUT2D eigenvalue weighted by atomic mass is 9.91. The van der Waals surface area contributed by atoms with Gasteiger partial charge in [0, 0.05) is 43.9 Å². The molecule has 8 nitrogen and oxygen atoms in total. The predicted molar refractivity (Wildman–Crippen MR) is 135 cm³/mol. The molecule has 1 amide bonds. The number of aryl methyl sites for hydroxylation is 2. The summed E-state index contributed by atoms with van der Waals surface area (Å²) in [6.45, 7) is 3.95. The van der Waals surface area contributed by atoms with Crippen LogP contribution in [0.15, 0.2) is 6.07 Å². The molecule has 182 valence electrons. The molecule has 4 N–H and O–H groups in total. The van der Waals surface area contributed by atoms with Crippen LogP contribution >= 0.6 is 22.7 Å². The lowest BCUT2D eigenvalue weighted by Gasteiger charge is -2.27. The van der Waals surface area contributed by atoms with Crippen molar-refractivity contribution < 1.29 is 13.9 Å². The number of nitrogen functional groups attached to an aromatic ring is 1. The zero-order chi connectivity index (χ0) is 24.0. The molecular formula is C23H29FN6O2S2. The second-order valence-electron chi connectivity index (χ2n) is 9.04. The molecule has 0 spiro atoms. The van der Waals surface area contributed by atoms with E-state index in [2.05, 4.69) is 15.6 Å². The van der Waals surface area contributed by atoms with Crippen LogP contribution in [-0.2, 0) is 17.6 Å². The van der Waals surface area contributed by atoms with Crippen molar-refractivity contribution in [1.82, 2.24) is 20.6 Å². The average Bonchev–Trinajstić information content (AvgIpc) is 3.47. The number of pyridine rings is 1. The fraction of sp³-hybridized carbons (Fsp3) is 0.522. The van der Waals surface area contributed by atoms with E-state index in [1.807, 2.05) is 18.9 Å². The van der Waals surface area contributed by atoms with Crippen molar-refractivity contribution in [3.8, 4) is 0 Å². The van der Waals surface area contributed by atoms with E-state index < -0.39 is 0 Å². The number of carbonyl (C=O) groups is 1. The van der Waals surface area contributed by atoms with E-state index in [0.29, 0.717) is 48.9 Å². The summed E-state index contributed by atoms with van der Waals surface area (Å²) in [7, 11) is 3.61. The summed E-state index contributed by atoms with van der Waals surface area (Å²) in [6, 6.07) is 1.74. The Labute approximate surface area is 205 Å². The number of amides is 1. The topological polar surface area (TPSA) is 105 Å². The number of nitrogens with zero attached hydrogens (tertiary/aromatic N) is 3. The molecule has 1 fully saturated rings. The van der Waals surface area contributed by atoms with Gasteiger partial charge in [-0.1, -0.05) is 0 Å². The van der Waals surface area contributed by atoms with Crippen LogP contribution < -0.4 is 21.3 Å². The van der Waals surface area contributed by atoms with Crippen LogP contribution in [0.25, 0.3) is 9.53 Å². The fourth-order valence-corrected chi connectivity index (χ4v) is 7.14. The summed E-state index contributed by atoms with van der Waals surface area (Å²) in [5.41, 5.74) is 8.48. The predicted octanol–water partition coefficient (Wildman–Crippen LogP) is 2.74. The number of carbonyl (C=O) groups excluding carboxylic acids is 1. The van der Waals surface area contributed by atoms with Gasteiger partial charge in [0.15, 0.2) is 11.6 Å². The van der Waals surface area contributed by atoms with Crippen LogP contribution in [0.4, 0.5) is 15.9 Å². The maximum Gasteiger partial charge on any atom is 0.263 e. The monoisotopic (exact) mass is 504 g/mol. The first-order valence-corrected chi connectivity index (χ1v) is 13.1. The van der Waals surface area contributed by atoms with E-state index in [1.165, 1.54) is 22.7 Å². The maximum atomic E-state index is 15.1. The van der Waals surface area contributed by atoms with Crippen molar-refractivity contribution in [2.45, 2.75) is 38.3 Å². The van der Waals surface area contributed by atoms with Crippen LogP contribution in [0.5, 0.6) is 0 Å². The third kappa shape index (κ3) is 4.26. The Kier molecular flexibility index (Phi) is 6.45.